The van der Waals surface area contributed by atoms with Crippen molar-refractivity contribution in [1.82, 2.24) is 15.2 Å². The highest BCUT2D eigenvalue weighted by Gasteiger charge is 2.29. The third-order valence-corrected chi connectivity index (χ3v) is 4.95. The number of carbonyl (C=O) groups excluding carboxylic acids is 2. The lowest BCUT2D eigenvalue weighted by atomic mass is 9.96. The minimum absolute atomic E-state index is 0.0452. The fraction of sp³-hybridized carbons (Fsp3) is 0.867. The van der Waals surface area contributed by atoms with Crippen LogP contribution in [0.4, 0.5) is 0 Å². The Kier molecular flexibility index (Phi) is 5.99. The minimum Gasteiger partial charge on any atom is -0.342 e. The first kappa shape index (κ1) is 16.2. The molecule has 6 heteroatoms. The van der Waals surface area contributed by atoms with Gasteiger partial charge in [-0.25, -0.2) is 5.84 Å². The molecule has 0 radical (unpaired) electrons. The van der Waals surface area contributed by atoms with Crippen LogP contribution in [0.15, 0.2) is 0 Å². The van der Waals surface area contributed by atoms with E-state index in [1.807, 2.05) is 4.90 Å². The summed E-state index contributed by atoms with van der Waals surface area (Å²) in [4.78, 5) is 28.1. The Hall–Kier alpha value is -1.14. The summed E-state index contributed by atoms with van der Waals surface area (Å²) in [6.07, 6.45) is 6.44. The largest absolute Gasteiger partial charge is 0.342 e. The van der Waals surface area contributed by atoms with Gasteiger partial charge >= 0.3 is 0 Å². The van der Waals surface area contributed by atoms with Gasteiger partial charge in [0.2, 0.25) is 11.8 Å². The second kappa shape index (κ2) is 7.75. The lowest BCUT2D eigenvalue weighted by molar-refractivity contribution is -0.137. The molecule has 1 saturated heterocycles. The Morgan fingerprint density at radius 2 is 1.81 bits per heavy atom. The number of rotatable bonds is 5. The second-order valence-electron chi connectivity index (χ2n) is 6.17. The average molecular weight is 296 g/mol. The molecule has 1 saturated carbocycles. The molecule has 21 heavy (non-hydrogen) atoms. The molecule has 6 nitrogen and oxygen atoms in total. The molecule has 2 rings (SSSR count). The van der Waals surface area contributed by atoms with E-state index in [-0.39, 0.29) is 17.7 Å². The van der Waals surface area contributed by atoms with E-state index in [2.05, 4.69) is 17.2 Å². The minimum atomic E-state index is -0.108. The number of amides is 2. The van der Waals surface area contributed by atoms with E-state index in [9.17, 15) is 9.59 Å². The SMILES string of the molecule is CCN(CC(=O)N1CCC(C(=O)NN)CC1)C1CCCC1. The van der Waals surface area contributed by atoms with E-state index in [0.29, 0.717) is 38.5 Å². The summed E-state index contributed by atoms with van der Waals surface area (Å²) in [6.45, 7) is 4.92. The van der Waals surface area contributed by atoms with Crippen molar-refractivity contribution in [1.29, 1.82) is 0 Å². The summed E-state index contributed by atoms with van der Waals surface area (Å²) < 4.78 is 0. The Bertz CT molecular complexity index is 361. The van der Waals surface area contributed by atoms with Crippen LogP contribution in [0, 0.1) is 5.92 Å². The normalized spacial score (nSPS) is 21.0. The first-order chi connectivity index (χ1) is 10.2. The highest BCUT2D eigenvalue weighted by Crippen LogP contribution is 2.24. The first-order valence-corrected chi connectivity index (χ1v) is 8.18. The summed E-state index contributed by atoms with van der Waals surface area (Å²) in [7, 11) is 0. The van der Waals surface area contributed by atoms with Gasteiger partial charge in [0.25, 0.3) is 0 Å². The standard InChI is InChI=1S/C15H28N4O2/c1-2-18(13-5-3-4-6-13)11-14(20)19-9-7-12(8-10-19)15(21)17-16/h12-13H,2-11,16H2,1H3,(H,17,21). The molecular formula is C15H28N4O2. The summed E-state index contributed by atoms with van der Waals surface area (Å²) in [6, 6.07) is 0.583. The van der Waals surface area contributed by atoms with E-state index >= 15 is 0 Å². The Morgan fingerprint density at radius 3 is 2.33 bits per heavy atom. The van der Waals surface area contributed by atoms with Gasteiger partial charge < -0.3 is 4.90 Å². The van der Waals surface area contributed by atoms with Gasteiger partial charge in [0.15, 0.2) is 0 Å². The van der Waals surface area contributed by atoms with Crippen LogP contribution in [-0.4, -0.2) is 53.8 Å². The Labute approximate surface area is 127 Å². The van der Waals surface area contributed by atoms with Crippen LogP contribution in [0.25, 0.3) is 0 Å². The smallest absolute Gasteiger partial charge is 0.237 e. The topological polar surface area (TPSA) is 78.7 Å². The molecule has 2 amide bonds. The van der Waals surface area contributed by atoms with Gasteiger partial charge in [0.1, 0.15) is 0 Å². The third kappa shape index (κ3) is 4.17. The van der Waals surface area contributed by atoms with Crippen LogP contribution in [-0.2, 0) is 9.59 Å². The Balaban J connectivity index is 1.79. The van der Waals surface area contributed by atoms with Crippen molar-refractivity contribution in [2.24, 2.45) is 11.8 Å². The number of nitrogens with two attached hydrogens (primary N) is 1. The predicted octanol–water partition coefficient (Wildman–Crippen LogP) is 0.479. The number of nitrogens with one attached hydrogen (secondary N) is 1. The maximum atomic E-state index is 12.4. The quantitative estimate of drug-likeness (QED) is 0.439. The molecule has 0 aromatic heterocycles. The maximum absolute atomic E-state index is 12.4. The predicted molar refractivity (Wildman–Crippen MR) is 81.1 cm³/mol. The summed E-state index contributed by atoms with van der Waals surface area (Å²) in [5, 5.41) is 0. The molecule has 0 aromatic rings. The number of hydrazine groups is 1. The number of nitrogens with zero attached hydrogens (tertiary/aromatic N) is 2. The van der Waals surface area contributed by atoms with E-state index < -0.39 is 0 Å². The van der Waals surface area contributed by atoms with Gasteiger partial charge in [-0.3, -0.25) is 19.9 Å². The molecule has 1 heterocycles. The molecular weight excluding hydrogens is 268 g/mol. The highest BCUT2D eigenvalue weighted by molar-refractivity contribution is 5.80. The zero-order chi connectivity index (χ0) is 15.2. The number of likely N-dealkylation sites (N-methyl/N-ethyl adjacent to an activating group) is 1. The molecule has 1 aliphatic carbocycles. The zero-order valence-corrected chi connectivity index (χ0v) is 13.0. The average Bonchev–Trinajstić information content (AvgIpc) is 3.06. The molecule has 0 bridgehead atoms. The van der Waals surface area contributed by atoms with Crippen LogP contribution < -0.4 is 11.3 Å². The molecule has 3 N–H and O–H groups in total. The van der Waals surface area contributed by atoms with Crippen molar-refractivity contribution in [2.75, 3.05) is 26.2 Å². The molecule has 0 unspecified atom stereocenters. The number of hydrogen-bond donors (Lipinski definition) is 2. The van der Waals surface area contributed by atoms with E-state index in [1.54, 1.807) is 0 Å². The molecule has 1 aliphatic heterocycles. The van der Waals surface area contributed by atoms with Gasteiger partial charge in [-0.05, 0) is 32.2 Å². The third-order valence-electron chi connectivity index (χ3n) is 4.95. The number of carbonyl (C=O) groups is 2. The maximum Gasteiger partial charge on any atom is 0.237 e. The molecule has 0 spiro atoms. The number of piperidine rings is 1. The van der Waals surface area contributed by atoms with Crippen molar-refractivity contribution >= 4 is 11.8 Å². The number of likely N-dealkylation sites (tertiary alicyclic amines) is 1. The van der Waals surface area contributed by atoms with Gasteiger partial charge in [0, 0.05) is 25.0 Å². The van der Waals surface area contributed by atoms with Crippen LogP contribution in [0.1, 0.15) is 45.4 Å². The van der Waals surface area contributed by atoms with E-state index in [1.165, 1.54) is 25.7 Å². The van der Waals surface area contributed by atoms with Crippen LogP contribution in [0.5, 0.6) is 0 Å². The van der Waals surface area contributed by atoms with Gasteiger partial charge in [-0.15, -0.1) is 0 Å². The lowest BCUT2D eigenvalue weighted by Crippen LogP contribution is -2.48. The molecule has 2 fully saturated rings. The van der Waals surface area contributed by atoms with Crippen LogP contribution >= 0.6 is 0 Å². The summed E-state index contributed by atoms with van der Waals surface area (Å²) >= 11 is 0. The van der Waals surface area contributed by atoms with Crippen molar-refractivity contribution in [3.63, 3.8) is 0 Å². The van der Waals surface area contributed by atoms with Crippen LogP contribution in [0.2, 0.25) is 0 Å². The fourth-order valence-electron chi connectivity index (χ4n) is 3.55. The summed E-state index contributed by atoms with van der Waals surface area (Å²) in [5.74, 6) is 5.22. The van der Waals surface area contributed by atoms with E-state index in [0.717, 1.165) is 6.54 Å². The van der Waals surface area contributed by atoms with Crippen molar-refractivity contribution in [2.45, 2.75) is 51.5 Å². The molecule has 0 atom stereocenters. The van der Waals surface area contributed by atoms with E-state index in [4.69, 9.17) is 5.84 Å². The number of hydrogen-bond acceptors (Lipinski definition) is 4. The van der Waals surface area contributed by atoms with Gasteiger partial charge in [-0.1, -0.05) is 19.8 Å². The lowest BCUT2D eigenvalue weighted by Gasteiger charge is -2.34. The summed E-state index contributed by atoms with van der Waals surface area (Å²) in [5.41, 5.74) is 2.21. The molecule has 120 valence electrons. The van der Waals surface area contributed by atoms with Crippen molar-refractivity contribution in [3.05, 3.63) is 0 Å². The van der Waals surface area contributed by atoms with Crippen molar-refractivity contribution < 1.29 is 9.59 Å². The van der Waals surface area contributed by atoms with Gasteiger partial charge in [0.05, 0.1) is 6.54 Å². The zero-order valence-electron chi connectivity index (χ0n) is 13.0. The van der Waals surface area contributed by atoms with Crippen molar-refractivity contribution in [3.8, 4) is 0 Å². The first-order valence-electron chi connectivity index (χ1n) is 8.18. The molecule has 0 aromatic carbocycles. The highest BCUT2D eigenvalue weighted by atomic mass is 16.2. The monoisotopic (exact) mass is 296 g/mol. The fourth-order valence-corrected chi connectivity index (χ4v) is 3.55. The van der Waals surface area contributed by atoms with Gasteiger partial charge in [-0.2, -0.15) is 0 Å². The van der Waals surface area contributed by atoms with Crippen LogP contribution in [0.3, 0.4) is 0 Å². The molecule has 2 aliphatic rings. The Morgan fingerprint density at radius 1 is 1.19 bits per heavy atom. The second-order valence-corrected chi connectivity index (χ2v) is 6.17.